The highest BCUT2D eigenvalue weighted by Gasteiger charge is 2.10. The molecule has 0 saturated heterocycles. The zero-order chi connectivity index (χ0) is 16.1. The molecule has 0 spiro atoms. The topological polar surface area (TPSA) is 80.0 Å². The summed E-state index contributed by atoms with van der Waals surface area (Å²) < 4.78 is 5.14. The maximum atomic E-state index is 11.9. The molecular weight excluding hydrogens is 292 g/mol. The third-order valence-corrected chi connectivity index (χ3v) is 3.29. The van der Waals surface area contributed by atoms with Crippen molar-refractivity contribution >= 4 is 11.7 Å². The molecular formula is C17H16N4O2. The van der Waals surface area contributed by atoms with Crippen molar-refractivity contribution in [3.8, 4) is 11.4 Å². The molecule has 2 N–H and O–H groups in total. The number of anilines is 1. The van der Waals surface area contributed by atoms with Gasteiger partial charge in [0, 0.05) is 11.3 Å². The second-order valence-corrected chi connectivity index (χ2v) is 5.00. The molecule has 3 aromatic rings. The van der Waals surface area contributed by atoms with E-state index in [1.807, 2.05) is 61.5 Å². The molecule has 3 rings (SSSR count). The molecule has 2 amide bonds. The summed E-state index contributed by atoms with van der Waals surface area (Å²) in [5.41, 5.74) is 2.62. The Morgan fingerprint density at radius 3 is 2.61 bits per heavy atom. The average Bonchev–Trinajstić information content (AvgIpc) is 3.05. The summed E-state index contributed by atoms with van der Waals surface area (Å²) in [4.78, 5) is 16.2. The van der Waals surface area contributed by atoms with Crippen molar-refractivity contribution in [2.24, 2.45) is 0 Å². The van der Waals surface area contributed by atoms with Crippen molar-refractivity contribution in [1.82, 2.24) is 15.5 Å². The van der Waals surface area contributed by atoms with Gasteiger partial charge in [-0.25, -0.2) is 4.79 Å². The number of nitrogens with zero attached hydrogens (tertiary/aromatic N) is 2. The zero-order valence-corrected chi connectivity index (χ0v) is 12.6. The number of carbonyl (C=O) groups excluding carboxylic acids is 1. The number of hydrogen-bond donors (Lipinski definition) is 2. The smallest absolute Gasteiger partial charge is 0.319 e. The lowest BCUT2D eigenvalue weighted by Gasteiger charge is -2.08. The maximum Gasteiger partial charge on any atom is 0.319 e. The number of benzene rings is 2. The van der Waals surface area contributed by atoms with E-state index < -0.39 is 0 Å². The zero-order valence-electron chi connectivity index (χ0n) is 12.6. The number of aryl methyl sites for hydroxylation is 1. The Balaban J connectivity index is 1.58. The fourth-order valence-electron chi connectivity index (χ4n) is 2.07. The molecule has 0 bridgehead atoms. The van der Waals surface area contributed by atoms with Crippen molar-refractivity contribution in [3.05, 3.63) is 66.1 Å². The summed E-state index contributed by atoms with van der Waals surface area (Å²) in [6.45, 7) is 2.09. The molecule has 0 aliphatic rings. The van der Waals surface area contributed by atoms with Gasteiger partial charge >= 0.3 is 6.03 Å². The van der Waals surface area contributed by atoms with Gasteiger partial charge in [-0.05, 0) is 18.6 Å². The Bertz CT molecular complexity index is 799. The van der Waals surface area contributed by atoms with E-state index in [4.69, 9.17) is 4.52 Å². The molecule has 0 atom stereocenters. The summed E-state index contributed by atoms with van der Waals surface area (Å²) in [5.74, 6) is 0.852. The molecule has 1 aromatic heterocycles. The lowest BCUT2D eigenvalue weighted by atomic mass is 10.2. The highest BCUT2D eigenvalue weighted by atomic mass is 16.5. The number of rotatable bonds is 4. The van der Waals surface area contributed by atoms with E-state index in [9.17, 15) is 4.79 Å². The molecule has 0 aliphatic heterocycles. The SMILES string of the molecule is Cc1ccccc1NC(=O)NCc1nc(-c2ccccc2)no1. The summed E-state index contributed by atoms with van der Waals surface area (Å²) in [6, 6.07) is 16.8. The van der Waals surface area contributed by atoms with Crippen LogP contribution >= 0.6 is 0 Å². The molecule has 6 heteroatoms. The van der Waals surface area contributed by atoms with Gasteiger partial charge in [-0.3, -0.25) is 0 Å². The van der Waals surface area contributed by atoms with E-state index in [0.717, 1.165) is 16.8 Å². The van der Waals surface area contributed by atoms with Crippen LogP contribution in [0.25, 0.3) is 11.4 Å². The van der Waals surface area contributed by atoms with Gasteiger partial charge in [-0.2, -0.15) is 4.98 Å². The fraction of sp³-hybridized carbons (Fsp3) is 0.118. The predicted molar refractivity (Wildman–Crippen MR) is 86.8 cm³/mol. The number of hydrogen-bond acceptors (Lipinski definition) is 4. The van der Waals surface area contributed by atoms with Gasteiger partial charge in [0.15, 0.2) is 0 Å². The van der Waals surface area contributed by atoms with Crippen LogP contribution in [0.15, 0.2) is 59.1 Å². The Morgan fingerprint density at radius 2 is 1.83 bits per heavy atom. The first-order valence-electron chi connectivity index (χ1n) is 7.21. The van der Waals surface area contributed by atoms with E-state index in [1.165, 1.54) is 0 Å². The molecule has 6 nitrogen and oxygen atoms in total. The van der Waals surface area contributed by atoms with Crippen LogP contribution in [0.3, 0.4) is 0 Å². The predicted octanol–water partition coefficient (Wildman–Crippen LogP) is 3.37. The number of urea groups is 1. The number of amides is 2. The number of para-hydroxylation sites is 1. The number of nitrogens with one attached hydrogen (secondary N) is 2. The van der Waals surface area contributed by atoms with Crippen LogP contribution in [-0.4, -0.2) is 16.2 Å². The normalized spacial score (nSPS) is 10.3. The summed E-state index contributed by atoms with van der Waals surface area (Å²) >= 11 is 0. The average molecular weight is 308 g/mol. The molecule has 0 radical (unpaired) electrons. The van der Waals surface area contributed by atoms with Gasteiger partial charge in [0.25, 0.3) is 0 Å². The highest BCUT2D eigenvalue weighted by Crippen LogP contribution is 2.15. The quantitative estimate of drug-likeness (QED) is 0.774. The first kappa shape index (κ1) is 14.8. The van der Waals surface area contributed by atoms with E-state index in [-0.39, 0.29) is 12.6 Å². The van der Waals surface area contributed by atoms with Gasteiger partial charge in [0.05, 0.1) is 6.54 Å². The van der Waals surface area contributed by atoms with Gasteiger partial charge in [0.1, 0.15) is 0 Å². The molecule has 116 valence electrons. The fourth-order valence-corrected chi connectivity index (χ4v) is 2.07. The Hall–Kier alpha value is -3.15. The van der Waals surface area contributed by atoms with Crippen molar-refractivity contribution in [2.75, 3.05) is 5.32 Å². The van der Waals surface area contributed by atoms with Crippen LogP contribution in [-0.2, 0) is 6.54 Å². The van der Waals surface area contributed by atoms with Crippen LogP contribution in [0.2, 0.25) is 0 Å². The second-order valence-electron chi connectivity index (χ2n) is 5.00. The lowest BCUT2D eigenvalue weighted by molar-refractivity contribution is 0.249. The molecule has 23 heavy (non-hydrogen) atoms. The summed E-state index contributed by atoms with van der Waals surface area (Å²) in [5, 5.41) is 9.38. The van der Waals surface area contributed by atoms with Gasteiger partial charge in [0.2, 0.25) is 11.7 Å². The number of carbonyl (C=O) groups is 1. The van der Waals surface area contributed by atoms with Gasteiger partial charge in [-0.15, -0.1) is 0 Å². The second kappa shape index (κ2) is 6.74. The first-order valence-corrected chi connectivity index (χ1v) is 7.21. The van der Waals surface area contributed by atoms with Crippen molar-refractivity contribution < 1.29 is 9.32 Å². The Kier molecular flexibility index (Phi) is 4.33. The van der Waals surface area contributed by atoms with E-state index in [2.05, 4.69) is 20.8 Å². The van der Waals surface area contributed by atoms with Gasteiger partial charge in [-0.1, -0.05) is 53.7 Å². The monoisotopic (exact) mass is 308 g/mol. The largest absolute Gasteiger partial charge is 0.337 e. The van der Waals surface area contributed by atoms with E-state index in [1.54, 1.807) is 0 Å². The van der Waals surface area contributed by atoms with Crippen LogP contribution in [0.5, 0.6) is 0 Å². The van der Waals surface area contributed by atoms with Crippen LogP contribution in [0.1, 0.15) is 11.5 Å². The third-order valence-electron chi connectivity index (χ3n) is 3.29. The molecule has 2 aromatic carbocycles. The molecule has 1 heterocycles. The first-order chi connectivity index (χ1) is 11.2. The third kappa shape index (κ3) is 3.74. The van der Waals surface area contributed by atoms with E-state index >= 15 is 0 Å². The molecule has 0 saturated carbocycles. The van der Waals surface area contributed by atoms with Crippen molar-refractivity contribution in [2.45, 2.75) is 13.5 Å². The minimum atomic E-state index is -0.321. The number of aromatic nitrogens is 2. The van der Waals surface area contributed by atoms with Crippen LogP contribution < -0.4 is 10.6 Å². The van der Waals surface area contributed by atoms with Crippen molar-refractivity contribution in [1.29, 1.82) is 0 Å². The molecule has 0 unspecified atom stereocenters. The Labute approximate surface area is 133 Å². The molecule has 0 fully saturated rings. The van der Waals surface area contributed by atoms with Crippen LogP contribution in [0, 0.1) is 6.92 Å². The highest BCUT2D eigenvalue weighted by molar-refractivity contribution is 5.89. The van der Waals surface area contributed by atoms with E-state index in [0.29, 0.717) is 11.7 Å². The lowest BCUT2D eigenvalue weighted by Crippen LogP contribution is -2.28. The maximum absolute atomic E-state index is 11.9. The minimum Gasteiger partial charge on any atom is -0.337 e. The minimum absolute atomic E-state index is 0.164. The Morgan fingerprint density at radius 1 is 1.09 bits per heavy atom. The standard InChI is InChI=1S/C17H16N4O2/c1-12-7-5-6-10-14(12)19-17(22)18-11-15-20-16(21-23-15)13-8-3-2-4-9-13/h2-10H,11H2,1H3,(H2,18,19,22). The summed E-state index contributed by atoms with van der Waals surface area (Å²) in [7, 11) is 0. The summed E-state index contributed by atoms with van der Waals surface area (Å²) in [6.07, 6.45) is 0. The molecule has 0 aliphatic carbocycles. The van der Waals surface area contributed by atoms with Crippen LogP contribution in [0.4, 0.5) is 10.5 Å². The van der Waals surface area contributed by atoms with Gasteiger partial charge < -0.3 is 15.2 Å². The van der Waals surface area contributed by atoms with Crippen molar-refractivity contribution in [3.63, 3.8) is 0 Å².